The summed E-state index contributed by atoms with van der Waals surface area (Å²) in [5, 5.41) is 3.48. The Morgan fingerprint density at radius 3 is 2.45 bits per heavy atom. The van der Waals surface area contributed by atoms with Crippen molar-refractivity contribution in [2.24, 2.45) is 0 Å². The Morgan fingerprint density at radius 2 is 1.70 bits per heavy atom. The van der Waals surface area contributed by atoms with Crippen molar-refractivity contribution < 1.29 is 23.8 Å². The molecular formula is C25H24N2O5S. The molecule has 0 saturated carbocycles. The normalized spacial score (nSPS) is 17.5. The van der Waals surface area contributed by atoms with Gasteiger partial charge in [-0.2, -0.15) is 0 Å². The third-order valence-corrected chi connectivity index (χ3v) is 6.99. The number of nitrogens with zero attached hydrogens (tertiary/aromatic N) is 1. The molecule has 5 rings (SSSR count). The molecule has 1 saturated heterocycles. The summed E-state index contributed by atoms with van der Waals surface area (Å²) in [7, 11) is 0. The number of morpholine rings is 1. The number of benzene rings is 2. The highest BCUT2D eigenvalue weighted by molar-refractivity contribution is 7.20. The average Bonchev–Trinajstić information content (AvgIpc) is 3.19. The van der Waals surface area contributed by atoms with Crippen LogP contribution in [0.5, 0.6) is 11.5 Å². The monoisotopic (exact) mass is 464 g/mol. The molecular weight excluding hydrogens is 440 g/mol. The van der Waals surface area contributed by atoms with Gasteiger partial charge in [0.1, 0.15) is 11.6 Å². The van der Waals surface area contributed by atoms with Gasteiger partial charge in [0.05, 0.1) is 18.8 Å². The van der Waals surface area contributed by atoms with Crippen LogP contribution >= 0.6 is 11.3 Å². The quantitative estimate of drug-likeness (QED) is 0.632. The van der Waals surface area contributed by atoms with Crippen molar-refractivity contribution >= 4 is 28.2 Å². The topological polar surface area (TPSA) is 77.1 Å². The molecule has 3 aromatic rings. The van der Waals surface area contributed by atoms with Gasteiger partial charge in [-0.25, -0.2) is 0 Å². The SMILES string of the molecule is Cc1c(-c2ccccc2)sc(NC(=O)[C@@H]2COc3ccccc3O2)c1C(=O)N1CCOCC1. The van der Waals surface area contributed by atoms with Crippen LogP contribution in [0.4, 0.5) is 5.00 Å². The molecule has 0 spiro atoms. The standard InChI is InChI=1S/C25H24N2O5S/c1-16-21(25(29)27-11-13-30-14-12-27)24(33-22(16)17-7-3-2-4-8-17)26-23(28)20-15-31-18-9-5-6-10-19(18)32-20/h2-10,20H,11-15H2,1H3,(H,26,28)/t20-/m0/s1. The summed E-state index contributed by atoms with van der Waals surface area (Å²) in [6.45, 7) is 4.10. The van der Waals surface area contributed by atoms with Gasteiger partial charge in [-0.1, -0.05) is 42.5 Å². The van der Waals surface area contributed by atoms with Gasteiger partial charge in [-0.15, -0.1) is 11.3 Å². The van der Waals surface area contributed by atoms with Crippen LogP contribution in [-0.2, 0) is 9.53 Å². The number of nitrogens with one attached hydrogen (secondary N) is 1. The van der Waals surface area contributed by atoms with E-state index in [0.717, 1.165) is 16.0 Å². The Kier molecular flexibility index (Phi) is 6.02. The van der Waals surface area contributed by atoms with Crippen LogP contribution in [0.2, 0.25) is 0 Å². The molecule has 2 amide bonds. The fourth-order valence-corrected chi connectivity index (χ4v) is 5.20. The smallest absolute Gasteiger partial charge is 0.269 e. The number of fused-ring (bicyclic) bond motifs is 1. The molecule has 0 aliphatic carbocycles. The predicted molar refractivity (Wildman–Crippen MR) is 126 cm³/mol. The van der Waals surface area contributed by atoms with Crippen molar-refractivity contribution in [2.75, 3.05) is 38.2 Å². The number of carbonyl (C=O) groups is 2. The van der Waals surface area contributed by atoms with E-state index in [1.807, 2.05) is 49.4 Å². The third-order valence-electron chi connectivity index (χ3n) is 5.73. The van der Waals surface area contributed by atoms with Gasteiger partial charge in [0, 0.05) is 18.0 Å². The number of anilines is 1. The number of hydrogen-bond donors (Lipinski definition) is 1. The number of ether oxygens (including phenoxy) is 3. The number of amides is 2. The molecule has 1 fully saturated rings. The molecule has 3 heterocycles. The Labute approximate surface area is 195 Å². The van der Waals surface area contributed by atoms with Gasteiger partial charge >= 0.3 is 0 Å². The summed E-state index contributed by atoms with van der Waals surface area (Å²) in [5.74, 6) is 0.695. The minimum Gasteiger partial charge on any atom is -0.485 e. The second kappa shape index (κ2) is 9.25. The maximum absolute atomic E-state index is 13.5. The summed E-state index contributed by atoms with van der Waals surface area (Å²) < 4.78 is 17.0. The van der Waals surface area contributed by atoms with Crippen molar-refractivity contribution in [1.82, 2.24) is 4.90 Å². The van der Waals surface area contributed by atoms with Crippen LogP contribution in [0.3, 0.4) is 0 Å². The molecule has 0 radical (unpaired) electrons. The third kappa shape index (κ3) is 4.31. The maximum Gasteiger partial charge on any atom is 0.269 e. The molecule has 170 valence electrons. The van der Waals surface area contributed by atoms with Crippen molar-refractivity contribution in [3.63, 3.8) is 0 Å². The lowest BCUT2D eigenvalue weighted by Gasteiger charge is -2.28. The van der Waals surface area contributed by atoms with Gasteiger partial charge in [-0.05, 0) is 30.2 Å². The first-order valence-electron chi connectivity index (χ1n) is 10.9. The Morgan fingerprint density at radius 1 is 1.00 bits per heavy atom. The molecule has 0 bridgehead atoms. The van der Waals surface area contributed by atoms with Crippen LogP contribution in [0, 0.1) is 6.92 Å². The lowest BCUT2D eigenvalue weighted by Crippen LogP contribution is -2.42. The zero-order chi connectivity index (χ0) is 22.8. The fourth-order valence-electron chi connectivity index (χ4n) is 3.99. The van der Waals surface area contributed by atoms with Gasteiger partial charge in [0.25, 0.3) is 11.8 Å². The van der Waals surface area contributed by atoms with E-state index in [9.17, 15) is 9.59 Å². The summed E-state index contributed by atoms with van der Waals surface area (Å²) in [4.78, 5) is 29.3. The lowest BCUT2D eigenvalue weighted by atomic mass is 10.1. The van der Waals surface area contributed by atoms with Crippen LogP contribution < -0.4 is 14.8 Å². The molecule has 8 heteroatoms. The highest BCUT2D eigenvalue weighted by Crippen LogP contribution is 2.41. The van der Waals surface area contributed by atoms with Crippen LogP contribution in [0.15, 0.2) is 54.6 Å². The lowest BCUT2D eigenvalue weighted by molar-refractivity contribution is -0.125. The van der Waals surface area contributed by atoms with Crippen molar-refractivity contribution in [3.8, 4) is 21.9 Å². The van der Waals surface area contributed by atoms with E-state index in [1.165, 1.54) is 11.3 Å². The average molecular weight is 465 g/mol. The van der Waals surface area contributed by atoms with Crippen LogP contribution in [0.1, 0.15) is 15.9 Å². The van der Waals surface area contributed by atoms with Gasteiger partial charge in [-0.3, -0.25) is 9.59 Å². The highest BCUT2D eigenvalue weighted by atomic mass is 32.1. The second-order valence-electron chi connectivity index (χ2n) is 7.88. The van der Waals surface area contributed by atoms with Crippen molar-refractivity contribution in [1.29, 1.82) is 0 Å². The number of thiophene rings is 1. The molecule has 0 unspecified atom stereocenters. The van der Waals surface area contributed by atoms with E-state index in [1.54, 1.807) is 17.0 Å². The first kappa shape index (κ1) is 21.5. The van der Waals surface area contributed by atoms with Crippen LogP contribution in [0.25, 0.3) is 10.4 Å². The Balaban J connectivity index is 1.45. The number of para-hydroxylation sites is 2. The van der Waals surface area contributed by atoms with Gasteiger partial charge < -0.3 is 24.4 Å². The summed E-state index contributed by atoms with van der Waals surface area (Å²) in [5.41, 5.74) is 2.37. The number of rotatable bonds is 4. The Bertz CT molecular complexity index is 1170. The predicted octanol–water partition coefficient (Wildman–Crippen LogP) is 3.97. The van der Waals surface area contributed by atoms with E-state index in [2.05, 4.69) is 5.32 Å². The molecule has 1 atom stereocenters. The fraction of sp³-hybridized carbons (Fsp3) is 0.280. The van der Waals surface area contributed by atoms with Crippen molar-refractivity contribution in [2.45, 2.75) is 13.0 Å². The number of carbonyl (C=O) groups excluding carboxylic acids is 2. The van der Waals surface area contributed by atoms with Gasteiger partial charge in [0.15, 0.2) is 11.5 Å². The zero-order valence-corrected chi connectivity index (χ0v) is 19.0. The van der Waals surface area contributed by atoms with E-state index in [0.29, 0.717) is 48.4 Å². The molecule has 2 aliphatic heterocycles. The number of hydrogen-bond acceptors (Lipinski definition) is 6. The molecule has 1 N–H and O–H groups in total. The molecule has 2 aliphatic rings. The van der Waals surface area contributed by atoms with E-state index < -0.39 is 6.10 Å². The highest BCUT2D eigenvalue weighted by Gasteiger charge is 2.32. The van der Waals surface area contributed by atoms with Crippen molar-refractivity contribution in [3.05, 3.63) is 65.7 Å². The Hall–Kier alpha value is -3.36. The second-order valence-corrected chi connectivity index (χ2v) is 8.91. The minimum atomic E-state index is -0.811. The van der Waals surface area contributed by atoms with E-state index in [-0.39, 0.29) is 18.4 Å². The minimum absolute atomic E-state index is 0.101. The van der Waals surface area contributed by atoms with E-state index >= 15 is 0 Å². The molecule has 7 nitrogen and oxygen atoms in total. The zero-order valence-electron chi connectivity index (χ0n) is 18.2. The molecule has 33 heavy (non-hydrogen) atoms. The first-order chi connectivity index (χ1) is 16.1. The van der Waals surface area contributed by atoms with Gasteiger partial charge in [0.2, 0.25) is 6.10 Å². The molecule has 2 aromatic carbocycles. The van der Waals surface area contributed by atoms with E-state index in [4.69, 9.17) is 14.2 Å². The summed E-state index contributed by atoms with van der Waals surface area (Å²) in [6.07, 6.45) is -0.811. The summed E-state index contributed by atoms with van der Waals surface area (Å²) in [6, 6.07) is 17.1. The first-order valence-corrected chi connectivity index (χ1v) is 11.7. The molecule has 1 aromatic heterocycles. The maximum atomic E-state index is 13.5. The largest absolute Gasteiger partial charge is 0.485 e. The van der Waals surface area contributed by atoms with Crippen LogP contribution in [-0.4, -0.2) is 55.7 Å². The summed E-state index contributed by atoms with van der Waals surface area (Å²) >= 11 is 1.40.